The monoisotopic (exact) mass is 433 g/mol. The maximum Gasteiger partial charge on any atom is 0.406 e. The van der Waals surface area contributed by atoms with Crippen LogP contribution in [0.3, 0.4) is 0 Å². The topological polar surface area (TPSA) is 69.7 Å². The van der Waals surface area contributed by atoms with Crippen LogP contribution in [0.2, 0.25) is 5.02 Å². The Kier molecular flexibility index (Phi) is 7.15. The summed E-state index contributed by atoms with van der Waals surface area (Å²) in [5.74, 6) is -3.00. The molecular weight excluding hydrogens is 411 g/mol. The van der Waals surface area contributed by atoms with E-state index < -0.39 is 24.5 Å². The zero-order valence-corrected chi connectivity index (χ0v) is 17.1. The van der Waals surface area contributed by atoms with E-state index in [1.165, 1.54) is 18.2 Å². The molecule has 1 aliphatic heterocycles. The molecule has 1 aliphatic rings. The summed E-state index contributed by atoms with van der Waals surface area (Å²) in [7, 11) is 0.875. The van der Waals surface area contributed by atoms with Gasteiger partial charge in [0.1, 0.15) is 6.54 Å². The van der Waals surface area contributed by atoms with Crippen molar-refractivity contribution in [2.45, 2.75) is 51.4 Å². The van der Waals surface area contributed by atoms with E-state index in [9.17, 15) is 27.6 Å². The van der Waals surface area contributed by atoms with Gasteiger partial charge in [0.05, 0.1) is 11.3 Å². The molecular formula is C19H23ClF3N3O3. The van der Waals surface area contributed by atoms with Crippen LogP contribution in [0.4, 0.5) is 18.9 Å². The molecule has 1 saturated heterocycles. The molecule has 6 nitrogen and oxygen atoms in total. The summed E-state index contributed by atoms with van der Waals surface area (Å²) in [6.45, 7) is 2.28. The molecule has 29 heavy (non-hydrogen) atoms. The molecule has 1 aromatic carbocycles. The predicted octanol–water partition coefficient (Wildman–Crippen LogP) is 3.70. The van der Waals surface area contributed by atoms with Gasteiger partial charge in [0, 0.05) is 24.2 Å². The quantitative estimate of drug-likeness (QED) is 0.739. The van der Waals surface area contributed by atoms with Gasteiger partial charge in [0.15, 0.2) is 0 Å². The Morgan fingerprint density at radius 3 is 2.34 bits per heavy atom. The molecule has 2 rings (SSSR count). The van der Waals surface area contributed by atoms with E-state index in [0.29, 0.717) is 0 Å². The van der Waals surface area contributed by atoms with Crippen LogP contribution in [0, 0.1) is 0 Å². The first kappa shape index (κ1) is 23.0. The molecule has 1 fully saturated rings. The van der Waals surface area contributed by atoms with E-state index in [1.54, 1.807) is 4.90 Å². The van der Waals surface area contributed by atoms with Crippen molar-refractivity contribution in [3.8, 4) is 0 Å². The first-order valence-electron chi connectivity index (χ1n) is 9.16. The van der Waals surface area contributed by atoms with Gasteiger partial charge in [-0.1, -0.05) is 11.6 Å². The first-order valence-corrected chi connectivity index (χ1v) is 9.54. The second-order valence-electron chi connectivity index (χ2n) is 7.26. The lowest BCUT2D eigenvalue weighted by Gasteiger charge is -2.39. The SMILES string of the molecule is CC1CCCC(C)N1C(=O)c1cc(Cl)ccc1NC(=O)C(=O)N(C)CC(F)(F)F. The number of amides is 3. The van der Waals surface area contributed by atoms with Crippen LogP contribution >= 0.6 is 11.6 Å². The van der Waals surface area contributed by atoms with Gasteiger partial charge in [0.25, 0.3) is 5.91 Å². The van der Waals surface area contributed by atoms with Crippen LogP contribution in [0.5, 0.6) is 0 Å². The van der Waals surface area contributed by atoms with Crippen LogP contribution < -0.4 is 5.32 Å². The molecule has 2 atom stereocenters. The van der Waals surface area contributed by atoms with Crippen molar-refractivity contribution in [2.24, 2.45) is 0 Å². The average molecular weight is 434 g/mol. The Labute approximate surface area is 172 Å². The molecule has 10 heteroatoms. The van der Waals surface area contributed by atoms with Crippen molar-refractivity contribution in [3.05, 3.63) is 28.8 Å². The summed E-state index contributed by atoms with van der Waals surface area (Å²) >= 11 is 6.01. The number of nitrogens with one attached hydrogen (secondary N) is 1. The van der Waals surface area contributed by atoms with Crippen molar-refractivity contribution < 1.29 is 27.6 Å². The molecule has 0 bridgehead atoms. The van der Waals surface area contributed by atoms with Crippen LogP contribution in [-0.2, 0) is 9.59 Å². The number of carbonyl (C=O) groups is 3. The lowest BCUT2D eigenvalue weighted by molar-refractivity contribution is -0.161. The van der Waals surface area contributed by atoms with Gasteiger partial charge in [-0.3, -0.25) is 14.4 Å². The molecule has 2 unspecified atom stereocenters. The Morgan fingerprint density at radius 2 is 1.79 bits per heavy atom. The van der Waals surface area contributed by atoms with Gasteiger partial charge in [-0.25, -0.2) is 0 Å². The smallest absolute Gasteiger partial charge is 0.333 e. The number of hydrogen-bond acceptors (Lipinski definition) is 3. The molecule has 0 spiro atoms. The van der Waals surface area contributed by atoms with E-state index in [2.05, 4.69) is 5.32 Å². The number of halogens is 4. The highest BCUT2D eigenvalue weighted by Crippen LogP contribution is 2.29. The highest BCUT2D eigenvalue weighted by molar-refractivity contribution is 6.40. The van der Waals surface area contributed by atoms with Crippen molar-refractivity contribution in [3.63, 3.8) is 0 Å². The second-order valence-corrected chi connectivity index (χ2v) is 7.70. The largest absolute Gasteiger partial charge is 0.406 e. The third-order valence-electron chi connectivity index (χ3n) is 4.85. The van der Waals surface area contributed by atoms with Gasteiger partial charge in [-0.2, -0.15) is 13.2 Å². The minimum Gasteiger partial charge on any atom is -0.333 e. The standard InChI is InChI=1S/C19H23ClF3N3O3/c1-11-5-4-6-12(2)26(11)17(28)14-9-13(20)7-8-15(14)24-16(27)18(29)25(3)10-19(21,22)23/h7-9,11-12H,4-6,10H2,1-3H3,(H,24,27). The molecule has 3 amide bonds. The zero-order chi connectivity index (χ0) is 21.9. The third-order valence-corrected chi connectivity index (χ3v) is 5.08. The first-order chi connectivity index (χ1) is 13.4. The van der Waals surface area contributed by atoms with Crippen LogP contribution in [0.25, 0.3) is 0 Å². The van der Waals surface area contributed by atoms with Crippen molar-refractivity contribution in [2.75, 3.05) is 18.9 Å². The van der Waals surface area contributed by atoms with Gasteiger partial charge in [-0.05, 0) is 51.3 Å². The molecule has 1 aromatic rings. The van der Waals surface area contributed by atoms with E-state index in [1.807, 2.05) is 13.8 Å². The minimum atomic E-state index is -4.63. The van der Waals surface area contributed by atoms with Crippen LogP contribution in [0.1, 0.15) is 43.5 Å². The maximum atomic E-state index is 13.1. The van der Waals surface area contributed by atoms with Crippen LogP contribution in [0.15, 0.2) is 18.2 Å². The summed E-state index contributed by atoms with van der Waals surface area (Å²) in [6, 6.07) is 4.10. The number of benzene rings is 1. The molecule has 0 aliphatic carbocycles. The van der Waals surface area contributed by atoms with Crippen molar-refractivity contribution in [1.29, 1.82) is 0 Å². The van der Waals surface area contributed by atoms with E-state index in [0.717, 1.165) is 26.3 Å². The highest BCUT2D eigenvalue weighted by atomic mass is 35.5. The summed E-state index contributed by atoms with van der Waals surface area (Å²) < 4.78 is 37.4. The number of piperidine rings is 1. The Hall–Kier alpha value is -2.29. The molecule has 0 radical (unpaired) electrons. The number of alkyl halides is 3. The summed E-state index contributed by atoms with van der Waals surface area (Å²) in [4.78, 5) is 39.2. The zero-order valence-electron chi connectivity index (χ0n) is 16.3. The molecule has 160 valence electrons. The number of nitrogens with zero attached hydrogens (tertiary/aromatic N) is 2. The summed E-state index contributed by atoms with van der Waals surface area (Å²) in [6.07, 6.45) is -1.98. The number of hydrogen-bond donors (Lipinski definition) is 1. The lowest BCUT2D eigenvalue weighted by Crippen LogP contribution is -2.47. The van der Waals surface area contributed by atoms with Gasteiger partial charge in [0.2, 0.25) is 0 Å². The summed E-state index contributed by atoms with van der Waals surface area (Å²) in [5, 5.41) is 2.50. The van der Waals surface area contributed by atoms with Gasteiger partial charge >= 0.3 is 18.0 Å². The second kappa shape index (κ2) is 9.02. The van der Waals surface area contributed by atoms with Crippen molar-refractivity contribution in [1.82, 2.24) is 9.80 Å². The minimum absolute atomic E-state index is 0.0168. The van der Waals surface area contributed by atoms with Crippen molar-refractivity contribution >= 4 is 35.0 Å². The highest BCUT2D eigenvalue weighted by Gasteiger charge is 2.34. The Balaban J connectivity index is 2.25. The predicted molar refractivity (Wildman–Crippen MR) is 103 cm³/mol. The number of rotatable bonds is 3. The normalized spacial score (nSPS) is 19.6. The van der Waals surface area contributed by atoms with Crippen LogP contribution in [-0.4, -0.2) is 59.4 Å². The Morgan fingerprint density at radius 1 is 1.21 bits per heavy atom. The Bertz CT molecular complexity index is 791. The van der Waals surface area contributed by atoms with Gasteiger partial charge in [-0.15, -0.1) is 0 Å². The fourth-order valence-corrected chi connectivity index (χ4v) is 3.63. The van der Waals surface area contributed by atoms with E-state index in [4.69, 9.17) is 11.6 Å². The number of anilines is 1. The average Bonchev–Trinajstić information content (AvgIpc) is 2.60. The number of likely N-dealkylation sites (N-methyl/N-ethyl adjacent to an activating group) is 1. The lowest BCUT2D eigenvalue weighted by atomic mass is 9.96. The fourth-order valence-electron chi connectivity index (χ4n) is 3.45. The van der Waals surface area contributed by atoms with E-state index >= 15 is 0 Å². The number of likely N-dealkylation sites (tertiary alicyclic amines) is 1. The van der Waals surface area contributed by atoms with Gasteiger partial charge < -0.3 is 15.1 Å². The third kappa shape index (κ3) is 5.85. The number of carbonyl (C=O) groups excluding carboxylic acids is 3. The van der Waals surface area contributed by atoms with E-state index in [-0.39, 0.29) is 39.2 Å². The molecule has 0 aromatic heterocycles. The maximum absolute atomic E-state index is 13.1. The molecule has 1 N–H and O–H groups in total. The summed E-state index contributed by atoms with van der Waals surface area (Å²) in [5.41, 5.74) is 0.0980. The molecule has 1 heterocycles. The fraction of sp³-hybridized carbons (Fsp3) is 0.526. The molecule has 0 saturated carbocycles.